The van der Waals surface area contributed by atoms with E-state index in [1.165, 1.54) is 11.6 Å². The van der Waals surface area contributed by atoms with Gasteiger partial charge in [0.1, 0.15) is 12.2 Å². The Balaban J connectivity index is 1.69. The molecule has 0 amide bonds. The SMILES string of the molecule is CC1CN(c2c(CO[Si](c3ccccc3)(c3ccccc3)C(C)(C)C)cc(C(O)c3scnc3C#N)c(F)c2F)CC(C)O1. The van der Waals surface area contributed by atoms with Crippen molar-refractivity contribution in [3.63, 3.8) is 0 Å². The highest BCUT2D eigenvalue weighted by atomic mass is 32.1. The Morgan fingerprint density at radius 1 is 1.05 bits per heavy atom. The minimum Gasteiger partial charge on any atom is -0.403 e. The topological polar surface area (TPSA) is 78.6 Å². The normalized spacial score (nSPS) is 18.2. The fourth-order valence-corrected chi connectivity index (χ4v) is 11.6. The van der Waals surface area contributed by atoms with Crippen molar-refractivity contribution in [1.82, 2.24) is 4.98 Å². The number of hydrogen-bond donors (Lipinski definition) is 1. The number of anilines is 1. The van der Waals surface area contributed by atoms with Gasteiger partial charge in [0.25, 0.3) is 8.32 Å². The molecule has 1 aliphatic rings. The van der Waals surface area contributed by atoms with Crippen LogP contribution in [0, 0.1) is 23.0 Å². The van der Waals surface area contributed by atoms with Crippen LogP contribution in [-0.4, -0.2) is 43.7 Å². The molecule has 2 heterocycles. The third-order valence-corrected chi connectivity index (χ3v) is 14.0. The van der Waals surface area contributed by atoms with E-state index in [4.69, 9.17) is 9.16 Å². The molecule has 3 aromatic carbocycles. The summed E-state index contributed by atoms with van der Waals surface area (Å²) in [5.74, 6) is -2.22. The largest absolute Gasteiger partial charge is 0.403 e. The average molecular weight is 634 g/mol. The van der Waals surface area contributed by atoms with Gasteiger partial charge in [0.2, 0.25) is 0 Å². The Bertz CT molecular complexity index is 1590. The van der Waals surface area contributed by atoms with Crippen LogP contribution >= 0.6 is 11.3 Å². The van der Waals surface area contributed by atoms with E-state index in [2.05, 4.69) is 50.0 Å². The molecule has 3 atom stereocenters. The maximum absolute atomic E-state index is 16.4. The zero-order chi connectivity index (χ0) is 31.6. The number of rotatable bonds is 8. The smallest absolute Gasteiger partial charge is 0.261 e. The maximum Gasteiger partial charge on any atom is 0.261 e. The quantitative estimate of drug-likeness (QED) is 0.238. The molecular formula is C34H37F2N3O3SSi. The predicted octanol–water partition coefficient (Wildman–Crippen LogP) is 6.06. The van der Waals surface area contributed by atoms with Crippen LogP contribution in [0.5, 0.6) is 0 Å². The molecule has 0 bridgehead atoms. The Morgan fingerprint density at radius 3 is 2.14 bits per heavy atom. The first-order chi connectivity index (χ1) is 21.0. The lowest BCUT2D eigenvalue weighted by molar-refractivity contribution is -0.00554. The first-order valence-electron chi connectivity index (χ1n) is 14.7. The second kappa shape index (κ2) is 12.9. The number of thiazole rings is 1. The van der Waals surface area contributed by atoms with Crippen LogP contribution in [0.15, 0.2) is 72.2 Å². The van der Waals surface area contributed by atoms with Crippen molar-refractivity contribution in [2.75, 3.05) is 18.0 Å². The number of morpholine rings is 1. The molecule has 4 aromatic rings. The molecule has 0 aliphatic carbocycles. The molecule has 6 nitrogen and oxygen atoms in total. The summed E-state index contributed by atoms with van der Waals surface area (Å²) >= 11 is 1.02. The zero-order valence-corrected chi connectivity index (χ0v) is 27.4. The average Bonchev–Trinajstić information content (AvgIpc) is 3.48. The fraction of sp³-hybridized carbons (Fsp3) is 0.353. The van der Waals surface area contributed by atoms with Crippen LogP contribution < -0.4 is 15.3 Å². The summed E-state index contributed by atoms with van der Waals surface area (Å²) in [5, 5.41) is 22.5. The van der Waals surface area contributed by atoms with Crippen molar-refractivity contribution in [1.29, 1.82) is 5.26 Å². The molecule has 1 aliphatic heterocycles. The van der Waals surface area contributed by atoms with Gasteiger partial charge in [-0.05, 0) is 35.3 Å². The van der Waals surface area contributed by atoms with E-state index < -0.39 is 26.1 Å². The molecule has 44 heavy (non-hydrogen) atoms. The summed E-state index contributed by atoms with van der Waals surface area (Å²) in [4.78, 5) is 5.93. The molecular weight excluding hydrogens is 597 g/mol. The molecule has 0 radical (unpaired) electrons. The van der Waals surface area contributed by atoms with Crippen molar-refractivity contribution in [2.45, 2.75) is 64.6 Å². The molecule has 5 rings (SSSR count). The number of aromatic nitrogens is 1. The molecule has 3 unspecified atom stereocenters. The highest BCUT2D eigenvalue weighted by Crippen LogP contribution is 2.40. The Hall–Kier alpha value is -3.46. The molecule has 10 heteroatoms. The molecule has 0 saturated carbocycles. The Morgan fingerprint density at radius 2 is 1.61 bits per heavy atom. The van der Waals surface area contributed by atoms with Crippen LogP contribution in [0.3, 0.4) is 0 Å². The van der Waals surface area contributed by atoms with Crippen LogP contribution in [0.2, 0.25) is 5.04 Å². The fourth-order valence-electron chi connectivity index (χ4n) is 6.32. The molecule has 1 aromatic heterocycles. The standard InChI is InChI=1S/C34H37F2N3O3SSi/c1-22-18-39(19-23(2)42-22)31-24(16-27(29(35)30(31)36)32(40)33-28(17-37)38-21-43-33)20-41-44(34(3,4)5,25-12-8-6-9-13-25)26-14-10-7-11-15-26/h6-16,21-23,32,40H,18-20H2,1-5H3. The second-order valence-corrected chi connectivity index (χ2v) is 17.5. The van der Waals surface area contributed by atoms with E-state index in [0.717, 1.165) is 21.7 Å². The van der Waals surface area contributed by atoms with Gasteiger partial charge in [-0.1, -0.05) is 81.4 Å². The molecule has 1 fully saturated rings. The number of hydrogen-bond acceptors (Lipinski definition) is 7. The minimum atomic E-state index is -3.05. The highest BCUT2D eigenvalue weighted by molar-refractivity contribution is 7.09. The van der Waals surface area contributed by atoms with Gasteiger partial charge in [-0.2, -0.15) is 5.26 Å². The van der Waals surface area contributed by atoms with Gasteiger partial charge in [0.15, 0.2) is 17.3 Å². The number of halogens is 2. The van der Waals surface area contributed by atoms with Crippen molar-refractivity contribution in [3.8, 4) is 6.07 Å². The Kier molecular flexibility index (Phi) is 9.35. The summed E-state index contributed by atoms with van der Waals surface area (Å²) in [7, 11) is -3.05. The first kappa shape index (κ1) is 31.9. The number of nitriles is 1. The molecule has 0 spiro atoms. The first-order valence-corrected chi connectivity index (χ1v) is 17.4. The number of aliphatic hydroxyl groups excluding tert-OH is 1. The van der Waals surface area contributed by atoms with Gasteiger partial charge < -0.3 is 19.2 Å². The lowest BCUT2D eigenvalue weighted by Crippen LogP contribution is -2.66. The van der Waals surface area contributed by atoms with Gasteiger partial charge in [-0.25, -0.2) is 13.8 Å². The van der Waals surface area contributed by atoms with Crippen LogP contribution in [0.4, 0.5) is 14.5 Å². The third-order valence-electron chi connectivity index (χ3n) is 8.13. The summed E-state index contributed by atoms with van der Waals surface area (Å²) in [5.41, 5.74) is 1.64. The third kappa shape index (κ3) is 5.95. The van der Waals surface area contributed by atoms with E-state index in [0.29, 0.717) is 18.7 Å². The monoisotopic (exact) mass is 633 g/mol. The van der Waals surface area contributed by atoms with Crippen molar-refractivity contribution >= 4 is 35.7 Å². The van der Waals surface area contributed by atoms with Gasteiger partial charge in [0.05, 0.1) is 34.9 Å². The Labute approximate surface area is 262 Å². The van der Waals surface area contributed by atoms with E-state index >= 15 is 8.78 Å². The summed E-state index contributed by atoms with van der Waals surface area (Å²) in [6, 6.07) is 23.6. The van der Waals surface area contributed by atoms with Crippen LogP contribution in [0.1, 0.15) is 62.4 Å². The molecule has 1 saturated heterocycles. The van der Waals surface area contributed by atoms with Crippen molar-refractivity contribution in [2.24, 2.45) is 0 Å². The van der Waals surface area contributed by atoms with Crippen LogP contribution in [0.25, 0.3) is 0 Å². The number of ether oxygens (including phenoxy) is 1. The van der Waals surface area contributed by atoms with Gasteiger partial charge in [-0.15, -0.1) is 11.3 Å². The summed E-state index contributed by atoms with van der Waals surface area (Å²) < 4.78 is 45.3. The summed E-state index contributed by atoms with van der Waals surface area (Å²) in [6.07, 6.45) is -1.98. The van der Waals surface area contributed by atoms with Crippen LogP contribution in [-0.2, 0) is 15.8 Å². The van der Waals surface area contributed by atoms with E-state index in [9.17, 15) is 10.4 Å². The van der Waals surface area contributed by atoms with E-state index in [1.807, 2.05) is 61.2 Å². The van der Waals surface area contributed by atoms with E-state index in [-0.39, 0.29) is 45.7 Å². The zero-order valence-electron chi connectivity index (χ0n) is 25.6. The minimum absolute atomic E-state index is 0.0210. The molecule has 230 valence electrons. The van der Waals surface area contributed by atoms with E-state index in [1.54, 1.807) is 0 Å². The summed E-state index contributed by atoms with van der Waals surface area (Å²) in [6.45, 7) is 11.0. The molecule has 1 N–H and O–H groups in total. The lowest BCUT2D eigenvalue weighted by atomic mass is 10.00. The number of nitrogens with zero attached hydrogens (tertiary/aromatic N) is 3. The predicted molar refractivity (Wildman–Crippen MR) is 172 cm³/mol. The maximum atomic E-state index is 16.4. The van der Waals surface area contributed by atoms with Crippen molar-refractivity contribution < 1.29 is 23.1 Å². The van der Waals surface area contributed by atoms with Crippen molar-refractivity contribution in [3.05, 3.63) is 106 Å². The van der Waals surface area contributed by atoms with Gasteiger partial charge in [0, 0.05) is 24.2 Å². The number of aliphatic hydroxyl groups is 1. The second-order valence-electron chi connectivity index (χ2n) is 12.3. The highest BCUT2D eigenvalue weighted by Gasteiger charge is 2.50. The lowest BCUT2D eigenvalue weighted by Gasteiger charge is -2.43. The van der Waals surface area contributed by atoms with Gasteiger partial charge >= 0.3 is 0 Å². The number of benzene rings is 3. The van der Waals surface area contributed by atoms with Gasteiger partial charge in [-0.3, -0.25) is 0 Å².